The summed E-state index contributed by atoms with van der Waals surface area (Å²) in [6.07, 6.45) is 0. The maximum absolute atomic E-state index is 13.3. The first-order valence-corrected chi connectivity index (χ1v) is 11.0. The molecule has 30 heavy (non-hydrogen) atoms. The molecule has 0 radical (unpaired) electrons. The second-order valence-electron chi connectivity index (χ2n) is 7.11. The standard InChI is InChI=1S/C21H22FN3O4S/c1-24-11-13-25(14-12-24)21-20(30(26,27)18-9-5-16(22)6-10-18)23-19(29-21)15-3-7-17(28-2)8-4-15/h3-10H,11-14H2,1-2H3. The second-order valence-corrected chi connectivity index (χ2v) is 8.97. The largest absolute Gasteiger partial charge is 0.497 e. The van der Waals surface area contributed by atoms with Gasteiger partial charge in [-0.3, -0.25) is 0 Å². The highest BCUT2D eigenvalue weighted by molar-refractivity contribution is 7.91. The van der Waals surface area contributed by atoms with Gasteiger partial charge in [-0.2, -0.15) is 4.98 Å². The van der Waals surface area contributed by atoms with Crippen LogP contribution >= 0.6 is 0 Å². The molecular weight excluding hydrogens is 409 g/mol. The van der Waals surface area contributed by atoms with Crippen LogP contribution in [0.4, 0.5) is 10.3 Å². The summed E-state index contributed by atoms with van der Waals surface area (Å²) in [7, 11) is -0.422. The molecule has 1 aromatic heterocycles. The molecule has 0 N–H and O–H groups in total. The van der Waals surface area contributed by atoms with Crippen LogP contribution in [-0.4, -0.2) is 58.6 Å². The molecule has 4 rings (SSSR count). The number of likely N-dealkylation sites (N-methyl/N-ethyl adjacent to an activating group) is 1. The maximum Gasteiger partial charge on any atom is 0.236 e. The average molecular weight is 431 g/mol. The summed E-state index contributed by atoms with van der Waals surface area (Å²) in [4.78, 5) is 8.37. The van der Waals surface area contributed by atoms with Crippen LogP contribution in [0.15, 0.2) is 62.9 Å². The van der Waals surface area contributed by atoms with Crippen LogP contribution < -0.4 is 9.64 Å². The van der Waals surface area contributed by atoms with Crippen LogP contribution in [-0.2, 0) is 9.84 Å². The van der Waals surface area contributed by atoms with Gasteiger partial charge in [0.2, 0.25) is 26.6 Å². The van der Waals surface area contributed by atoms with E-state index in [4.69, 9.17) is 9.15 Å². The molecular formula is C21H22FN3O4S. The molecule has 0 bridgehead atoms. The van der Waals surface area contributed by atoms with Gasteiger partial charge in [0.1, 0.15) is 11.6 Å². The number of piperazine rings is 1. The molecule has 1 saturated heterocycles. The first kappa shape index (κ1) is 20.4. The monoisotopic (exact) mass is 431 g/mol. The number of hydrogen-bond donors (Lipinski definition) is 0. The Bertz CT molecular complexity index is 1120. The van der Waals surface area contributed by atoms with Crippen LogP contribution in [0.3, 0.4) is 0 Å². The molecule has 158 valence electrons. The van der Waals surface area contributed by atoms with Crippen molar-refractivity contribution in [1.82, 2.24) is 9.88 Å². The van der Waals surface area contributed by atoms with Crippen LogP contribution in [0.1, 0.15) is 0 Å². The van der Waals surface area contributed by atoms with E-state index in [1.54, 1.807) is 31.4 Å². The molecule has 1 aliphatic heterocycles. The molecule has 0 spiro atoms. The number of sulfone groups is 1. The van der Waals surface area contributed by atoms with Gasteiger partial charge in [-0.25, -0.2) is 12.8 Å². The predicted octanol–water partition coefficient (Wildman–Crippen LogP) is 3.07. The lowest BCUT2D eigenvalue weighted by atomic mass is 10.2. The molecule has 1 fully saturated rings. The number of halogens is 1. The Morgan fingerprint density at radius 1 is 1.00 bits per heavy atom. The third-order valence-corrected chi connectivity index (χ3v) is 6.75. The van der Waals surface area contributed by atoms with Gasteiger partial charge in [0.25, 0.3) is 0 Å². The van der Waals surface area contributed by atoms with Crippen molar-refractivity contribution in [2.24, 2.45) is 0 Å². The summed E-state index contributed by atoms with van der Waals surface area (Å²) in [6, 6.07) is 11.7. The SMILES string of the molecule is COc1ccc(-c2nc(S(=O)(=O)c3ccc(F)cc3)c(N3CCN(C)CC3)o2)cc1. The van der Waals surface area contributed by atoms with Crippen LogP contribution in [0.2, 0.25) is 0 Å². The van der Waals surface area contributed by atoms with Crippen LogP contribution in [0.25, 0.3) is 11.5 Å². The van der Waals surface area contributed by atoms with Crippen molar-refractivity contribution in [2.75, 3.05) is 45.2 Å². The van der Waals surface area contributed by atoms with E-state index in [1.807, 2.05) is 11.9 Å². The molecule has 7 nitrogen and oxygen atoms in total. The number of aromatic nitrogens is 1. The molecule has 0 amide bonds. The summed E-state index contributed by atoms with van der Waals surface area (Å²) in [5, 5.41) is -0.163. The highest BCUT2D eigenvalue weighted by atomic mass is 32.2. The van der Waals surface area contributed by atoms with Gasteiger partial charge in [-0.15, -0.1) is 0 Å². The zero-order valence-corrected chi connectivity index (χ0v) is 17.5. The first-order valence-electron chi connectivity index (χ1n) is 9.48. The smallest absolute Gasteiger partial charge is 0.236 e. The molecule has 0 unspecified atom stereocenters. The summed E-state index contributed by atoms with van der Waals surface area (Å²) in [5.41, 5.74) is 0.631. The Hall–Kier alpha value is -2.91. The number of anilines is 1. The molecule has 2 aromatic carbocycles. The zero-order valence-electron chi connectivity index (χ0n) is 16.7. The third kappa shape index (κ3) is 3.90. The van der Waals surface area contributed by atoms with Crippen LogP contribution in [0.5, 0.6) is 5.75 Å². The molecule has 0 aliphatic carbocycles. The molecule has 1 aliphatic rings. The highest BCUT2D eigenvalue weighted by Crippen LogP contribution is 2.35. The topological polar surface area (TPSA) is 75.9 Å². The number of benzene rings is 2. The van der Waals surface area contributed by atoms with E-state index < -0.39 is 15.7 Å². The van der Waals surface area contributed by atoms with E-state index in [9.17, 15) is 12.8 Å². The highest BCUT2D eigenvalue weighted by Gasteiger charge is 2.32. The fourth-order valence-corrected chi connectivity index (χ4v) is 4.59. The van der Waals surface area contributed by atoms with Crippen molar-refractivity contribution in [3.05, 3.63) is 54.3 Å². The minimum absolute atomic E-state index is 0.0335. The molecule has 0 saturated carbocycles. The van der Waals surface area contributed by atoms with Gasteiger partial charge in [-0.1, -0.05) is 0 Å². The minimum Gasteiger partial charge on any atom is -0.497 e. The Morgan fingerprint density at radius 2 is 1.63 bits per heavy atom. The fourth-order valence-electron chi connectivity index (χ4n) is 3.26. The van der Waals surface area contributed by atoms with E-state index >= 15 is 0 Å². The van der Waals surface area contributed by atoms with Gasteiger partial charge in [-0.05, 0) is 55.6 Å². The lowest BCUT2D eigenvalue weighted by Crippen LogP contribution is -2.44. The number of rotatable bonds is 5. The number of oxazole rings is 1. The van der Waals surface area contributed by atoms with Gasteiger partial charge < -0.3 is 19.0 Å². The lowest BCUT2D eigenvalue weighted by Gasteiger charge is -2.32. The Kier molecular flexibility index (Phi) is 5.48. The molecule has 9 heteroatoms. The van der Waals surface area contributed by atoms with Gasteiger partial charge >= 0.3 is 0 Å². The summed E-state index contributed by atoms with van der Waals surface area (Å²) in [5.74, 6) is 0.571. The van der Waals surface area contributed by atoms with Gasteiger partial charge in [0, 0.05) is 31.7 Å². The van der Waals surface area contributed by atoms with E-state index in [0.29, 0.717) is 24.4 Å². The quantitative estimate of drug-likeness (QED) is 0.575. The molecule has 3 aromatic rings. The number of ether oxygens (including phenoxy) is 1. The van der Waals surface area contributed by atoms with E-state index in [2.05, 4.69) is 9.88 Å². The number of nitrogens with zero attached hydrogens (tertiary/aromatic N) is 3. The lowest BCUT2D eigenvalue weighted by molar-refractivity contribution is 0.305. The van der Waals surface area contributed by atoms with Gasteiger partial charge in [0.05, 0.1) is 12.0 Å². The minimum atomic E-state index is -4.00. The molecule has 2 heterocycles. The third-order valence-electron chi connectivity index (χ3n) is 5.09. The average Bonchev–Trinajstić information content (AvgIpc) is 3.21. The number of hydrogen-bond acceptors (Lipinski definition) is 7. The van der Waals surface area contributed by atoms with E-state index in [1.165, 1.54) is 12.1 Å². The molecule has 0 atom stereocenters. The van der Waals surface area contributed by atoms with Crippen molar-refractivity contribution in [2.45, 2.75) is 9.92 Å². The second kappa shape index (κ2) is 8.08. The first-order chi connectivity index (χ1) is 14.4. The maximum atomic E-state index is 13.3. The summed E-state index contributed by atoms with van der Waals surface area (Å²) >= 11 is 0. The predicted molar refractivity (Wildman–Crippen MR) is 110 cm³/mol. The van der Waals surface area contributed by atoms with Crippen molar-refractivity contribution in [3.8, 4) is 17.2 Å². The van der Waals surface area contributed by atoms with Crippen molar-refractivity contribution in [1.29, 1.82) is 0 Å². The van der Waals surface area contributed by atoms with E-state index in [-0.39, 0.29) is 21.7 Å². The fraction of sp³-hybridized carbons (Fsp3) is 0.286. The van der Waals surface area contributed by atoms with Gasteiger partial charge in [0.15, 0.2) is 0 Å². The van der Waals surface area contributed by atoms with Crippen molar-refractivity contribution >= 4 is 15.7 Å². The van der Waals surface area contributed by atoms with Crippen molar-refractivity contribution < 1.29 is 22.0 Å². The Balaban J connectivity index is 1.80. The zero-order chi connectivity index (χ0) is 21.3. The normalized spacial score (nSPS) is 15.4. The Labute approximate surface area is 174 Å². The summed E-state index contributed by atoms with van der Waals surface area (Å²) in [6.45, 7) is 2.77. The van der Waals surface area contributed by atoms with E-state index in [0.717, 1.165) is 25.2 Å². The number of methoxy groups -OCH3 is 1. The van der Waals surface area contributed by atoms with Crippen LogP contribution in [0, 0.1) is 5.82 Å². The van der Waals surface area contributed by atoms with Crippen molar-refractivity contribution in [3.63, 3.8) is 0 Å². The summed E-state index contributed by atoms with van der Waals surface area (Å²) < 4.78 is 51.1. The Morgan fingerprint density at radius 3 is 2.23 bits per heavy atom.